The van der Waals surface area contributed by atoms with Gasteiger partial charge in [0.1, 0.15) is 0 Å². The molecule has 0 saturated heterocycles. The first-order chi connectivity index (χ1) is 7.70. The number of rotatable bonds is 2. The Balaban J connectivity index is 2.33. The summed E-state index contributed by atoms with van der Waals surface area (Å²) in [5.41, 5.74) is 2.24. The van der Waals surface area contributed by atoms with Crippen molar-refractivity contribution in [3.63, 3.8) is 0 Å². The number of carbonyl (C=O) groups excluding carboxylic acids is 1. The van der Waals surface area contributed by atoms with Gasteiger partial charge in [-0.25, -0.2) is 0 Å². The van der Waals surface area contributed by atoms with Crippen molar-refractivity contribution in [2.75, 3.05) is 6.61 Å². The summed E-state index contributed by atoms with van der Waals surface area (Å²) in [4.78, 5) is 12.2. The van der Waals surface area contributed by atoms with E-state index in [2.05, 4.69) is 0 Å². The van der Waals surface area contributed by atoms with Crippen LogP contribution >= 0.6 is 11.6 Å². The number of ether oxygens (including phenoxy) is 1. The van der Waals surface area contributed by atoms with Crippen LogP contribution in [0.3, 0.4) is 0 Å². The Morgan fingerprint density at radius 1 is 1.44 bits per heavy atom. The van der Waals surface area contributed by atoms with Crippen molar-refractivity contribution >= 4 is 17.4 Å². The van der Waals surface area contributed by atoms with Crippen LogP contribution in [0, 0.1) is 6.92 Å². The topological polar surface area (TPSA) is 26.3 Å². The highest BCUT2D eigenvalue weighted by atomic mass is 35.5. The predicted molar refractivity (Wildman–Crippen MR) is 63.8 cm³/mol. The van der Waals surface area contributed by atoms with Gasteiger partial charge in [-0.1, -0.05) is 23.7 Å². The third-order valence-electron chi connectivity index (χ3n) is 2.74. The van der Waals surface area contributed by atoms with Crippen molar-refractivity contribution in [1.29, 1.82) is 0 Å². The van der Waals surface area contributed by atoms with Crippen LogP contribution in [-0.4, -0.2) is 12.4 Å². The summed E-state index contributed by atoms with van der Waals surface area (Å²) in [6.07, 6.45) is 3.26. The van der Waals surface area contributed by atoms with E-state index in [1.54, 1.807) is 24.5 Å². The highest BCUT2D eigenvalue weighted by Gasteiger charge is 2.17. The molecule has 0 N–H and O–H groups in total. The van der Waals surface area contributed by atoms with E-state index in [0.717, 1.165) is 24.0 Å². The Labute approximate surface area is 99.9 Å². The predicted octanol–water partition coefficient (Wildman–Crippen LogP) is 3.53. The lowest BCUT2D eigenvalue weighted by molar-refractivity contribution is 0.101. The van der Waals surface area contributed by atoms with E-state index in [-0.39, 0.29) is 5.78 Å². The zero-order valence-corrected chi connectivity index (χ0v) is 9.88. The summed E-state index contributed by atoms with van der Waals surface area (Å²) in [5, 5.41) is 0.628. The maximum Gasteiger partial charge on any atom is 0.192 e. The lowest BCUT2D eigenvalue weighted by atomic mass is 9.96. The Morgan fingerprint density at radius 2 is 2.25 bits per heavy atom. The van der Waals surface area contributed by atoms with Gasteiger partial charge in [0.2, 0.25) is 0 Å². The van der Waals surface area contributed by atoms with E-state index in [9.17, 15) is 4.79 Å². The molecule has 2 rings (SSSR count). The Bertz CT molecular complexity index is 449. The standard InChI is InChI=1S/C13H13ClO2/c1-9-11(5-2-6-12(9)14)13(15)10-4-3-7-16-8-10/h2,5-6,8H,3-4,7H2,1H3. The monoisotopic (exact) mass is 236 g/mol. The number of hydrogen-bond acceptors (Lipinski definition) is 2. The van der Waals surface area contributed by atoms with Crippen LogP contribution in [0.5, 0.6) is 0 Å². The van der Waals surface area contributed by atoms with Crippen molar-refractivity contribution in [3.8, 4) is 0 Å². The molecule has 0 spiro atoms. The van der Waals surface area contributed by atoms with Gasteiger partial charge in [0, 0.05) is 16.2 Å². The van der Waals surface area contributed by atoms with Crippen LogP contribution in [0.1, 0.15) is 28.8 Å². The van der Waals surface area contributed by atoms with Gasteiger partial charge < -0.3 is 4.74 Å². The minimum Gasteiger partial charge on any atom is -0.501 e. The molecule has 1 aromatic rings. The fourth-order valence-electron chi connectivity index (χ4n) is 1.76. The molecule has 1 aliphatic heterocycles. The third kappa shape index (κ3) is 2.12. The largest absolute Gasteiger partial charge is 0.501 e. The first-order valence-corrected chi connectivity index (χ1v) is 5.68. The fourth-order valence-corrected chi connectivity index (χ4v) is 1.93. The smallest absolute Gasteiger partial charge is 0.192 e. The van der Waals surface area contributed by atoms with E-state index in [1.165, 1.54) is 0 Å². The molecule has 16 heavy (non-hydrogen) atoms. The van der Waals surface area contributed by atoms with Crippen LogP contribution in [0.25, 0.3) is 0 Å². The van der Waals surface area contributed by atoms with Gasteiger partial charge >= 0.3 is 0 Å². The van der Waals surface area contributed by atoms with Gasteiger partial charge in [-0.3, -0.25) is 4.79 Å². The molecule has 0 aliphatic carbocycles. The van der Waals surface area contributed by atoms with E-state index >= 15 is 0 Å². The SMILES string of the molecule is Cc1c(Cl)cccc1C(=O)C1=COCCC1. The molecular formula is C13H13ClO2. The second-order valence-electron chi connectivity index (χ2n) is 3.86. The molecule has 1 heterocycles. The number of halogens is 1. The molecule has 1 aliphatic rings. The van der Waals surface area contributed by atoms with Gasteiger partial charge in [-0.05, 0) is 31.4 Å². The van der Waals surface area contributed by atoms with E-state index in [0.29, 0.717) is 17.2 Å². The van der Waals surface area contributed by atoms with Crippen molar-refractivity contribution in [1.82, 2.24) is 0 Å². The van der Waals surface area contributed by atoms with Crippen LogP contribution in [0.4, 0.5) is 0 Å². The first-order valence-electron chi connectivity index (χ1n) is 5.30. The maximum absolute atomic E-state index is 12.2. The number of benzene rings is 1. The average molecular weight is 237 g/mol. The minimum absolute atomic E-state index is 0.0275. The highest BCUT2D eigenvalue weighted by Crippen LogP contribution is 2.23. The van der Waals surface area contributed by atoms with E-state index in [1.807, 2.05) is 6.92 Å². The van der Waals surface area contributed by atoms with Gasteiger partial charge in [0.15, 0.2) is 5.78 Å². The van der Waals surface area contributed by atoms with Crippen molar-refractivity contribution in [3.05, 3.63) is 46.2 Å². The lowest BCUT2D eigenvalue weighted by Crippen LogP contribution is -2.10. The van der Waals surface area contributed by atoms with E-state index in [4.69, 9.17) is 16.3 Å². The van der Waals surface area contributed by atoms with E-state index < -0.39 is 0 Å². The van der Waals surface area contributed by atoms with Crippen molar-refractivity contribution in [2.24, 2.45) is 0 Å². The summed E-state index contributed by atoms with van der Waals surface area (Å²) in [6.45, 7) is 2.56. The molecule has 0 bridgehead atoms. The first kappa shape index (κ1) is 11.2. The molecule has 84 valence electrons. The number of allylic oxidation sites excluding steroid dienone is 1. The second kappa shape index (κ2) is 4.71. The number of hydrogen-bond donors (Lipinski definition) is 0. The van der Waals surface area contributed by atoms with Gasteiger partial charge in [-0.15, -0.1) is 0 Å². The molecule has 0 amide bonds. The van der Waals surface area contributed by atoms with Crippen LogP contribution in [0.15, 0.2) is 30.0 Å². The zero-order valence-electron chi connectivity index (χ0n) is 9.13. The van der Waals surface area contributed by atoms with Crippen LogP contribution in [0.2, 0.25) is 5.02 Å². The van der Waals surface area contributed by atoms with Gasteiger partial charge in [0.05, 0.1) is 12.9 Å². The summed E-state index contributed by atoms with van der Waals surface area (Å²) in [5.74, 6) is 0.0275. The Morgan fingerprint density at radius 3 is 2.94 bits per heavy atom. The Kier molecular flexibility index (Phi) is 3.30. The number of Topliss-reactive ketones (excluding diaryl/α,β-unsaturated/α-hetero) is 1. The molecule has 3 heteroatoms. The number of ketones is 1. The molecule has 0 radical (unpaired) electrons. The fraction of sp³-hybridized carbons (Fsp3) is 0.308. The molecule has 2 nitrogen and oxygen atoms in total. The van der Waals surface area contributed by atoms with Gasteiger partial charge in [-0.2, -0.15) is 0 Å². The molecule has 0 fully saturated rings. The summed E-state index contributed by atoms with van der Waals surface area (Å²) in [6, 6.07) is 5.39. The van der Waals surface area contributed by atoms with Crippen molar-refractivity contribution in [2.45, 2.75) is 19.8 Å². The Hall–Kier alpha value is -1.28. The number of carbonyl (C=O) groups is 1. The van der Waals surface area contributed by atoms with Crippen LogP contribution < -0.4 is 0 Å². The molecular weight excluding hydrogens is 224 g/mol. The summed E-state index contributed by atoms with van der Waals surface area (Å²) < 4.78 is 5.18. The lowest BCUT2D eigenvalue weighted by Gasteiger charge is -2.14. The summed E-state index contributed by atoms with van der Waals surface area (Å²) >= 11 is 5.99. The average Bonchev–Trinajstić information content (AvgIpc) is 2.33. The minimum atomic E-state index is 0.0275. The maximum atomic E-state index is 12.2. The van der Waals surface area contributed by atoms with Gasteiger partial charge in [0.25, 0.3) is 0 Å². The molecule has 0 aromatic heterocycles. The molecule has 0 saturated carbocycles. The van der Waals surface area contributed by atoms with Crippen LogP contribution in [-0.2, 0) is 4.74 Å². The summed E-state index contributed by atoms with van der Waals surface area (Å²) in [7, 11) is 0. The van der Waals surface area contributed by atoms with Crippen molar-refractivity contribution < 1.29 is 9.53 Å². The molecule has 0 atom stereocenters. The zero-order chi connectivity index (χ0) is 11.5. The highest BCUT2D eigenvalue weighted by molar-refractivity contribution is 6.32. The normalized spacial score (nSPS) is 15.2. The quantitative estimate of drug-likeness (QED) is 0.735. The third-order valence-corrected chi connectivity index (χ3v) is 3.15. The molecule has 1 aromatic carbocycles. The second-order valence-corrected chi connectivity index (χ2v) is 4.27. The molecule has 0 unspecified atom stereocenters.